The van der Waals surface area contributed by atoms with Gasteiger partial charge in [0.1, 0.15) is 0 Å². The second kappa shape index (κ2) is 35.3. The summed E-state index contributed by atoms with van der Waals surface area (Å²) in [7, 11) is 6.46. The van der Waals surface area contributed by atoms with Crippen LogP contribution in [0.1, 0.15) is 74.7 Å². The predicted octanol–water partition coefficient (Wildman–Crippen LogP) is 4.68. The van der Waals surface area contributed by atoms with E-state index in [0.717, 1.165) is 39.4 Å². The highest BCUT2D eigenvalue weighted by Gasteiger charge is 2.03. The van der Waals surface area contributed by atoms with Crippen LogP contribution in [0.3, 0.4) is 0 Å². The van der Waals surface area contributed by atoms with Crippen molar-refractivity contribution in [3.05, 3.63) is 0 Å². The van der Waals surface area contributed by atoms with Crippen LogP contribution in [0, 0.1) is 0 Å². The standard InChI is InChI=1S/C6H13N.C5H12N2.C5H11NO.4C2H6/c1-7-5-3-2-4-6-7;1-7-4-2-6-3-5-7;1-6-2-4-7-5-3-6;4*1-2/h2-6H2,1H3;6H,2-5H2,1H3;2-5H2,1H3;4*1-2H3. The van der Waals surface area contributed by atoms with Gasteiger partial charge in [-0.3, -0.25) is 0 Å². The number of likely N-dealkylation sites (tertiary alicyclic amines) is 1. The molecule has 0 aliphatic carbocycles. The molecule has 0 aromatic rings. The average Bonchev–Trinajstić information content (AvgIpc) is 2.82. The van der Waals surface area contributed by atoms with E-state index in [1.807, 2.05) is 55.4 Å². The van der Waals surface area contributed by atoms with Crippen LogP contribution in [0.25, 0.3) is 0 Å². The van der Waals surface area contributed by atoms with Gasteiger partial charge in [-0.25, -0.2) is 0 Å². The van der Waals surface area contributed by atoms with E-state index < -0.39 is 0 Å². The predicted molar refractivity (Wildman–Crippen MR) is 135 cm³/mol. The van der Waals surface area contributed by atoms with Gasteiger partial charge in [0, 0.05) is 39.3 Å². The van der Waals surface area contributed by atoms with Gasteiger partial charge in [-0.15, -0.1) is 0 Å². The van der Waals surface area contributed by atoms with Gasteiger partial charge in [-0.1, -0.05) is 61.8 Å². The van der Waals surface area contributed by atoms with E-state index >= 15 is 0 Å². The fourth-order valence-electron chi connectivity index (χ4n) is 2.48. The van der Waals surface area contributed by atoms with Crippen molar-refractivity contribution in [3.63, 3.8) is 0 Å². The van der Waals surface area contributed by atoms with Crippen LogP contribution in [-0.2, 0) is 4.74 Å². The lowest BCUT2D eigenvalue weighted by Gasteiger charge is -2.21. The van der Waals surface area contributed by atoms with Gasteiger partial charge >= 0.3 is 0 Å². The molecule has 0 aromatic heterocycles. The highest BCUT2D eigenvalue weighted by atomic mass is 16.5. The maximum absolute atomic E-state index is 5.10. The van der Waals surface area contributed by atoms with Crippen molar-refractivity contribution in [2.45, 2.75) is 74.7 Å². The number of nitrogens with zero attached hydrogens (tertiary/aromatic N) is 3. The second-order valence-corrected chi connectivity index (χ2v) is 6.33. The monoisotopic (exact) mass is 420 g/mol. The van der Waals surface area contributed by atoms with Crippen LogP contribution in [0.4, 0.5) is 0 Å². The Labute approximate surface area is 186 Å². The number of piperazine rings is 1. The Kier molecular flexibility index (Phi) is 44.0. The Bertz CT molecular complexity index is 187. The van der Waals surface area contributed by atoms with Crippen molar-refractivity contribution in [2.24, 2.45) is 0 Å². The molecule has 5 nitrogen and oxygen atoms in total. The Balaban J connectivity index is -0.000000138. The van der Waals surface area contributed by atoms with Crippen molar-refractivity contribution in [3.8, 4) is 0 Å². The zero-order valence-electron chi connectivity index (χ0n) is 22.4. The maximum atomic E-state index is 5.10. The molecular formula is C24H60N4O. The van der Waals surface area contributed by atoms with Gasteiger partial charge < -0.3 is 24.8 Å². The van der Waals surface area contributed by atoms with Crippen molar-refractivity contribution in [1.29, 1.82) is 0 Å². The lowest BCUT2D eigenvalue weighted by Crippen LogP contribution is -2.40. The topological polar surface area (TPSA) is 31.0 Å². The summed E-state index contributed by atoms with van der Waals surface area (Å²) < 4.78 is 5.10. The zero-order chi connectivity index (χ0) is 23.3. The highest BCUT2D eigenvalue weighted by Crippen LogP contribution is 2.04. The molecule has 3 aliphatic rings. The van der Waals surface area contributed by atoms with Crippen LogP contribution >= 0.6 is 0 Å². The summed E-state index contributed by atoms with van der Waals surface area (Å²) in [5.41, 5.74) is 0. The SMILES string of the molecule is CC.CC.CC.CC.CN1CCCCC1.CN1CCNCC1.CN1CCOCC1. The third-order valence-electron chi connectivity index (χ3n) is 4.15. The largest absolute Gasteiger partial charge is 0.379 e. The van der Waals surface area contributed by atoms with E-state index in [9.17, 15) is 0 Å². The fourth-order valence-corrected chi connectivity index (χ4v) is 2.48. The molecule has 3 aliphatic heterocycles. The van der Waals surface area contributed by atoms with Gasteiger partial charge in [0.2, 0.25) is 0 Å². The number of hydrogen-bond donors (Lipinski definition) is 1. The van der Waals surface area contributed by atoms with Gasteiger partial charge in [-0.05, 0) is 47.1 Å². The number of morpholine rings is 1. The van der Waals surface area contributed by atoms with E-state index in [0.29, 0.717) is 0 Å². The molecule has 0 aromatic carbocycles. The van der Waals surface area contributed by atoms with Crippen molar-refractivity contribution < 1.29 is 4.74 Å². The van der Waals surface area contributed by atoms with E-state index in [1.54, 1.807) is 0 Å². The van der Waals surface area contributed by atoms with E-state index in [2.05, 4.69) is 41.2 Å². The lowest BCUT2D eigenvalue weighted by atomic mass is 10.1. The van der Waals surface area contributed by atoms with Crippen LogP contribution in [0.15, 0.2) is 0 Å². The summed E-state index contributed by atoms with van der Waals surface area (Å²) in [5, 5.41) is 3.27. The zero-order valence-corrected chi connectivity index (χ0v) is 22.4. The molecule has 182 valence electrons. The first-order valence-electron chi connectivity index (χ1n) is 12.5. The maximum Gasteiger partial charge on any atom is 0.0594 e. The van der Waals surface area contributed by atoms with Crippen LogP contribution in [0.5, 0.6) is 0 Å². The molecule has 3 saturated heterocycles. The number of ether oxygens (including phenoxy) is 1. The summed E-state index contributed by atoms with van der Waals surface area (Å²) in [6.45, 7) is 27.4. The molecule has 3 fully saturated rings. The number of piperidine rings is 1. The lowest BCUT2D eigenvalue weighted by molar-refractivity contribution is 0.0503. The minimum absolute atomic E-state index is 0.913. The molecule has 3 heterocycles. The molecule has 29 heavy (non-hydrogen) atoms. The molecule has 0 radical (unpaired) electrons. The molecule has 0 saturated carbocycles. The molecule has 0 bridgehead atoms. The minimum Gasteiger partial charge on any atom is -0.379 e. The first kappa shape index (κ1) is 36.2. The number of rotatable bonds is 0. The fraction of sp³-hybridized carbons (Fsp3) is 1.00. The van der Waals surface area contributed by atoms with Crippen molar-refractivity contribution >= 4 is 0 Å². The van der Waals surface area contributed by atoms with Crippen LogP contribution in [-0.4, -0.2) is 101 Å². The van der Waals surface area contributed by atoms with Gasteiger partial charge in [0.05, 0.1) is 13.2 Å². The van der Waals surface area contributed by atoms with Crippen molar-refractivity contribution in [2.75, 3.05) is 86.7 Å². The number of hydrogen-bond acceptors (Lipinski definition) is 5. The molecule has 5 heteroatoms. The molecule has 0 amide bonds. The quantitative estimate of drug-likeness (QED) is 0.615. The van der Waals surface area contributed by atoms with E-state index in [-0.39, 0.29) is 0 Å². The number of likely N-dealkylation sites (N-methyl/N-ethyl adjacent to an activating group) is 2. The smallest absolute Gasteiger partial charge is 0.0594 e. The highest BCUT2D eigenvalue weighted by molar-refractivity contribution is 4.62. The molecular weight excluding hydrogens is 360 g/mol. The first-order valence-corrected chi connectivity index (χ1v) is 12.5. The summed E-state index contributed by atoms with van der Waals surface area (Å²) in [6.07, 6.45) is 4.28. The van der Waals surface area contributed by atoms with Crippen LogP contribution < -0.4 is 5.32 Å². The summed E-state index contributed by atoms with van der Waals surface area (Å²) >= 11 is 0. The summed E-state index contributed by atoms with van der Waals surface area (Å²) in [6, 6.07) is 0. The molecule has 3 rings (SSSR count). The average molecular weight is 421 g/mol. The number of nitrogens with one attached hydrogen (secondary N) is 1. The van der Waals surface area contributed by atoms with Gasteiger partial charge in [0.15, 0.2) is 0 Å². The van der Waals surface area contributed by atoms with E-state index in [4.69, 9.17) is 4.74 Å². The Morgan fingerprint density at radius 1 is 0.483 bits per heavy atom. The minimum atomic E-state index is 0.913. The molecule has 1 N–H and O–H groups in total. The second-order valence-electron chi connectivity index (χ2n) is 6.33. The van der Waals surface area contributed by atoms with E-state index in [1.165, 1.54) is 45.4 Å². The summed E-state index contributed by atoms with van der Waals surface area (Å²) in [5.74, 6) is 0. The molecule has 0 atom stereocenters. The van der Waals surface area contributed by atoms with Gasteiger partial charge in [0.25, 0.3) is 0 Å². The first-order chi connectivity index (χ1) is 14.2. The molecule has 0 spiro atoms. The Morgan fingerprint density at radius 2 is 0.828 bits per heavy atom. The van der Waals surface area contributed by atoms with Crippen LogP contribution in [0.2, 0.25) is 0 Å². The Hall–Kier alpha value is -0.200. The Morgan fingerprint density at radius 3 is 1.03 bits per heavy atom. The normalized spacial score (nSPS) is 19.1. The molecule has 0 unspecified atom stereocenters. The summed E-state index contributed by atoms with van der Waals surface area (Å²) in [4.78, 5) is 6.99. The van der Waals surface area contributed by atoms with Gasteiger partial charge in [-0.2, -0.15) is 0 Å². The van der Waals surface area contributed by atoms with Crippen molar-refractivity contribution in [1.82, 2.24) is 20.0 Å². The third kappa shape index (κ3) is 32.7. The third-order valence-corrected chi connectivity index (χ3v) is 4.15.